The van der Waals surface area contributed by atoms with E-state index in [2.05, 4.69) is 6.92 Å². The summed E-state index contributed by atoms with van der Waals surface area (Å²) in [6.07, 6.45) is 11.5. The van der Waals surface area contributed by atoms with Crippen LogP contribution < -0.4 is 18.6 Å². The molecule has 0 aliphatic rings. The first kappa shape index (κ1) is 19.6. The molecule has 5 nitrogen and oxygen atoms in total. The molecule has 0 N–H and O–H groups in total. The predicted octanol–water partition coefficient (Wildman–Crippen LogP) is -1.65. The average Bonchev–Trinajstić information content (AvgIpc) is 2.06. The van der Waals surface area contributed by atoms with Crippen LogP contribution in [0.1, 0.15) is 45.4 Å². The van der Waals surface area contributed by atoms with Gasteiger partial charge in [0.15, 0.2) is 0 Å². The van der Waals surface area contributed by atoms with Crippen molar-refractivity contribution in [3.05, 3.63) is 0 Å². The van der Waals surface area contributed by atoms with E-state index >= 15 is 0 Å². The van der Waals surface area contributed by atoms with E-state index in [0.29, 0.717) is 0 Å². The Bertz CT molecular complexity index is 205. The third-order valence-corrected chi connectivity index (χ3v) is 3.26. The van der Waals surface area contributed by atoms with Gasteiger partial charge in [-0.2, -0.15) is 0 Å². The van der Waals surface area contributed by atoms with Crippen LogP contribution in [0.2, 0.25) is 0 Å². The average molecular weight is 291 g/mol. The van der Waals surface area contributed by atoms with E-state index < -0.39 is 20.2 Å². The molecule has 106 valence electrons. The number of halogens is 1. The molecular weight excluding hydrogens is 268 g/mol. The van der Waals surface area contributed by atoms with Crippen LogP contribution in [-0.2, 0) is 14.1 Å². The summed E-state index contributed by atoms with van der Waals surface area (Å²) in [6, 6.07) is 0. The Kier molecular flexibility index (Phi) is 11.8. The van der Waals surface area contributed by atoms with Crippen LogP contribution in [0, 0.1) is 10.2 Å². The summed E-state index contributed by atoms with van der Waals surface area (Å²) in [6.45, 7) is 2.23. The molecule has 0 saturated carbocycles. The standard InChI is InChI=1S/C10H23OS.ClHO4/c1-4-5-6-7-8-9-10-12(2,3)11;2-1(3,4)5/h4-10H2,1-3H3;(H,2,3,4,5)/q+1;/p-1. The highest BCUT2D eigenvalue weighted by Gasteiger charge is 2.10. The maximum Gasteiger partial charge on any atom is 0.111 e. The molecule has 0 fully saturated rings. The second kappa shape index (κ2) is 10.2. The molecule has 0 aromatic rings. The maximum absolute atomic E-state index is 11.3. The summed E-state index contributed by atoms with van der Waals surface area (Å²) in [7, 11) is -6.41. The van der Waals surface area contributed by atoms with Crippen molar-refractivity contribution in [2.24, 2.45) is 0 Å². The van der Waals surface area contributed by atoms with Crippen molar-refractivity contribution < 1.29 is 33.1 Å². The van der Waals surface area contributed by atoms with Crippen molar-refractivity contribution in [1.29, 1.82) is 0 Å². The summed E-state index contributed by atoms with van der Waals surface area (Å²) in [5.41, 5.74) is 0. The Morgan fingerprint density at radius 3 is 1.59 bits per heavy atom. The lowest BCUT2D eigenvalue weighted by Crippen LogP contribution is -2.68. The van der Waals surface area contributed by atoms with E-state index in [1.165, 1.54) is 32.1 Å². The second-order valence-electron chi connectivity index (χ2n) is 4.29. The SMILES string of the molecule is CCCCCCCC[S+](C)(C)=O.[O-][Cl+3]([O-])([O-])[O-]. The summed E-state index contributed by atoms with van der Waals surface area (Å²) < 4.78 is 45.2. The molecule has 17 heavy (non-hydrogen) atoms. The molecule has 0 heterocycles. The van der Waals surface area contributed by atoms with E-state index in [-0.39, 0.29) is 0 Å². The highest BCUT2D eigenvalue weighted by atomic mass is 35.7. The molecule has 0 bridgehead atoms. The molecule has 0 saturated heterocycles. The van der Waals surface area contributed by atoms with Crippen LogP contribution in [0.15, 0.2) is 0 Å². The number of rotatable bonds is 7. The smallest absolute Gasteiger partial charge is 0.111 e. The van der Waals surface area contributed by atoms with Crippen LogP contribution in [0.5, 0.6) is 0 Å². The molecule has 0 rings (SSSR count). The van der Waals surface area contributed by atoms with E-state index in [4.69, 9.17) is 18.6 Å². The minimum atomic E-state index is -4.94. The highest BCUT2D eigenvalue weighted by molar-refractivity contribution is 8.01. The van der Waals surface area contributed by atoms with E-state index in [1.807, 2.05) is 12.5 Å². The first-order valence-corrected chi connectivity index (χ1v) is 9.37. The monoisotopic (exact) mass is 290 g/mol. The highest BCUT2D eigenvalue weighted by Crippen LogP contribution is 2.07. The lowest BCUT2D eigenvalue weighted by atomic mass is 10.1. The number of hydrogen-bond acceptors (Lipinski definition) is 5. The maximum atomic E-state index is 11.3. The van der Waals surface area contributed by atoms with Gasteiger partial charge in [-0.05, 0) is 12.8 Å². The van der Waals surface area contributed by atoms with Crippen molar-refractivity contribution in [1.82, 2.24) is 0 Å². The molecule has 0 aliphatic carbocycles. The second-order valence-corrected chi connectivity index (χ2v) is 8.32. The number of hydrogen-bond donors (Lipinski definition) is 0. The van der Waals surface area contributed by atoms with Crippen molar-refractivity contribution in [2.45, 2.75) is 45.4 Å². The Balaban J connectivity index is 0. The summed E-state index contributed by atoms with van der Waals surface area (Å²) in [5, 5.41) is 0. The fraction of sp³-hybridized carbons (Fsp3) is 1.00. The first-order chi connectivity index (χ1) is 7.56. The van der Waals surface area contributed by atoms with Gasteiger partial charge in [0.2, 0.25) is 0 Å². The zero-order valence-corrected chi connectivity index (χ0v) is 12.3. The van der Waals surface area contributed by atoms with Gasteiger partial charge in [0.05, 0.1) is 9.93 Å². The molecule has 0 aromatic carbocycles. The van der Waals surface area contributed by atoms with Crippen molar-refractivity contribution in [2.75, 3.05) is 18.3 Å². The summed E-state index contributed by atoms with van der Waals surface area (Å²) in [4.78, 5) is 0. The van der Waals surface area contributed by atoms with Gasteiger partial charge in [0.25, 0.3) is 0 Å². The normalized spacial score (nSPS) is 11.9. The molecule has 0 spiro atoms. The van der Waals surface area contributed by atoms with E-state index in [1.54, 1.807) is 0 Å². The van der Waals surface area contributed by atoms with Crippen molar-refractivity contribution >= 4 is 9.93 Å². The Morgan fingerprint density at radius 2 is 1.24 bits per heavy atom. The van der Waals surface area contributed by atoms with Gasteiger partial charge >= 0.3 is 0 Å². The van der Waals surface area contributed by atoms with Gasteiger partial charge < -0.3 is 0 Å². The van der Waals surface area contributed by atoms with Gasteiger partial charge in [-0.1, -0.05) is 32.6 Å². The topological polar surface area (TPSA) is 109 Å². The van der Waals surface area contributed by atoms with Gasteiger partial charge in [0, 0.05) is 0 Å². The lowest BCUT2D eigenvalue weighted by molar-refractivity contribution is -2.00. The summed E-state index contributed by atoms with van der Waals surface area (Å²) in [5.74, 6) is 0.916. The van der Waals surface area contributed by atoms with E-state index in [9.17, 15) is 4.21 Å². The molecule has 0 radical (unpaired) electrons. The Morgan fingerprint density at radius 1 is 0.882 bits per heavy atom. The third-order valence-electron chi connectivity index (χ3n) is 1.99. The van der Waals surface area contributed by atoms with Gasteiger partial charge in [-0.25, -0.2) is 18.6 Å². The van der Waals surface area contributed by atoms with Gasteiger partial charge in [-0.3, -0.25) is 0 Å². The van der Waals surface area contributed by atoms with Gasteiger partial charge in [-0.15, -0.1) is 14.5 Å². The van der Waals surface area contributed by atoms with Crippen LogP contribution in [-0.4, -0.2) is 18.3 Å². The fourth-order valence-electron chi connectivity index (χ4n) is 1.23. The van der Waals surface area contributed by atoms with E-state index in [0.717, 1.165) is 12.2 Å². The fourth-order valence-corrected chi connectivity index (χ4v) is 2.13. The third kappa shape index (κ3) is 38.5. The zero-order valence-electron chi connectivity index (χ0n) is 10.8. The van der Waals surface area contributed by atoms with Crippen LogP contribution in [0.4, 0.5) is 0 Å². The Labute approximate surface area is 107 Å². The molecule has 0 aromatic heterocycles. The van der Waals surface area contributed by atoms with Crippen LogP contribution in [0.3, 0.4) is 0 Å². The summed E-state index contributed by atoms with van der Waals surface area (Å²) >= 11 is 0. The molecule has 0 amide bonds. The van der Waals surface area contributed by atoms with Crippen LogP contribution in [0.25, 0.3) is 0 Å². The van der Waals surface area contributed by atoms with Crippen molar-refractivity contribution in [3.8, 4) is 0 Å². The number of unbranched alkanes of at least 4 members (excludes halogenated alkanes) is 5. The molecule has 0 aliphatic heterocycles. The van der Waals surface area contributed by atoms with Gasteiger partial charge in [0.1, 0.15) is 18.3 Å². The van der Waals surface area contributed by atoms with Crippen molar-refractivity contribution in [3.63, 3.8) is 0 Å². The first-order valence-electron chi connectivity index (χ1n) is 5.60. The molecular formula is C10H23ClO5S. The minimum Gasteiger partial charge on any atom is -0.222 e. The largest absolute Gasteiger partial charge is 0.222 e. The minimum absolute atomic E-state index is 0.916. The lowest BCUT2D eigenvalue weighted by Gasteiger charge is -2.17. The zero-order chi connectivity index (χ0) is 13.9. The molecule has 0 unspecified atom stereocenters. The Hall–Kier alpha value is 0.280. The molecule has 0 atom stereocenters. The quantitative estimate of drug-likeness (QED) is 0.412. The molecule has 7 heteroatoms. The predicted molar refractivity (Wildman–Crippen MR) is 58.1 cm³/mol. The van der Waals surface area contributed by atoms with Crippen LogP contribution >= 0.6 is 0 Å².